The molecule has 3 nitrogen and oxygen atoms in total. The molecule has 0 saturated carbocycles. The lowest BCUT2D eigenvalue weighted by molar-refractivity contribution is 0.115. The zero-order valence-electron chi connectivity index (χ0n) is 11.4. The van der Waals surface area contributed by atoms with E-state index in [0.29, 0.717) is 6.10 Å². The van der Waals surface area contributed by atoms with E-state index in [1.165, 1.54) is 24.1 Å². The Morgan fingerprint density at radius 1 is 1.44 bits per heavy atom. The summed E-state index contributed by atoms with van der Waals surface area (Å²) < 4.78 is 5.73. The van der Waals surface area contributed by atoms with Crippen LogP contribution in [0.5, 0.6) is 0 Å². The van der Waals surface area contributed by atoms with Gasteiger partial charge in [-0.2, -0.15) is 0 Å². The van der Waals surface area contributed by atoms with E-state index in [1.54, 1.807) is 0 Å². The van der Waals surface area contributed by atoms with Crippen LogP contribution in [-0.2, 0) is 4.74 Å². The molecule has 0 radical (unpaired) electrons. The van der Waals surface area contributed by atoms with Crippen LogP contribution in [0.4, 0.5) is 5.69 Å². The first-order chi connectivity index (χ1) is 8.72. The van der Waals surface area contributed by atoms with Gasteiger partial charge in [0.1, 0.15) is 0 Å². The smallest absolute Gasteiger partial charge is 0.0750 e. The summed E-state index contributed by atoms with van der Waals surface area (Å²) in [6.45, 7) is 7.10. The maximum Gasteiger partial charge on any atom is 0.0750 e. The highest BCUT2D eigenvalue weighted by atomic mass is 16.5. The fraction of sp³-hybridized carbons (Fsp3) is 0.600. The minimum Gasteiger partial charge on any atom is -0.376 e. The molecule has 100 valence electrons. The Bertz CT molecular complexity index is 373. The second-order valence-electron chi connectivity index (χ2n) is 5.02. The Labute approximate surface area is 110 Å². The van der Waals surface area contributed by atoms with Crippen LogP contribution in [-0.4, -0.2) is 25.8 Å². The molecule has 1 unspecified atom stereocenters. The zero-order valence-corrected chi connectivity index (χ0v) is 11.4. The quantitative estimate of drug-likeness (QED) is 0.870. The van der Waals surface area contributed by atoms with Gasteiger partial charge in [0.05, 0.1) is 6.10 Å². The summed E-state index contributed by atoms with van der Waals surface area (Å²) in [6, 6.07) is 8.50. The molecule has 2 rings (SSSR count). The van der Waals surface area contributed by atoms with Crippen LogP contribution in [0.2, 0.25) is 0 Å². The summed E-state index contributed by atoms with van der Waals surface area (Å²) in [4.78, 5) is 2.38. The van der Waals surface area contributed by atoms with Gasteiger partial charge in [0.2, 0.25) is 0 Å². The highest BCUT2D eigenvalue weighted by Crippen LogP contribution is 2.26. The molecule has 1 saturated heterocycles. The summed E-state index contributed by atoms with van der Waals surface area (Å²) >= 11 is 0. The number of anilines is 1. The largest absolute Gasteiger partial charge is 0.376 e. The van der Waals surface area contributed by atoms with E-state index in [9.17, 15) is 0 Å². The predicted octanol–water partition coefficient (Wildman–Crippen LogP) is 2.71. The van der Waals surface area contributed by atoms with E-state index in [1.807, 2.05) is 6.92 Å². The molecule has 0 aromatic heterocycles. The third-order valence-corrected chi connectivity index (χ3v) is 3.60. The van der Waals surface area contributed by atoms with Crippen LogP contribution in [0.25, 0.3) is 0 Å². The molecule has 0 amide bonds. The van der Waals surface area contributed by atoms with E-state index in [0.717, 1.165) is 19.7 Å². The standard InChI is InChI=1S/C15H24N2O/c1-3-17(11-13-7-6-10-18-13)15-9-5-4-8-14(15)12(2)16/h4-5,8-9,12-13H,3,6-7,10-11,16H2,1-2H3/t12-,13?/m1/s1. The van der Waals surface area contributed by atoms with Crippen LogP contribution in [0.1, 0.15) is 38.3 Å². The van der Waals surface area contributed by atoms with Crippen molar-refractivity contribution in [2.45, 2.75) is 38.8 Å². The SMILES string of the molecule is CCN(CC1CCCO1)c1ccccc1[C@@H](C)N. The topological polar surface area (TPSA) is 38.5 Å². The maximum atomic E-state index is 6.06. The number of nitrogens with zero attached hydrogens (tertiary/aromatic N) is 1. The fourth-order valence-corrected chi connectivity index (χ4v) is 2.59. The number of likely N-dealkylation sites (N-methyl/N-ethyl adjacent to an activating group) is 1. The van der Waals surface area contributed by atoms with E-state index in [4.69, 9.17) is 10.5 Å². The molecule has 1 aromatic carbocycles. The predicted molar refractivity (Wildman–Crippen MR) is 75.9 cm³/mol. The second kappa shape index (κ2) is 6.21. The van der Waals surface area contributed by atoms with Gasteiger partial charge < -0.3 is 15.4 Å². The number of para-hydroxylation sites is 1. The minimum absolute atomic E-state index is 0.0692. The van der Waals surface area contributed by atoms with E-state index < -0.39 is 0 Å². The van der Waals surface area contributed by atoms with Crippen LogP contribution in [0.3, 0.4) is 0 Å². The first-order valence-corrected chi connectivity index (χ1v) is 6.93. The molecule has 2 N–H and O–H groups in total. The molecule has 0 bridgehead atoms. The van der Waals surface area contributed by atoms with Crippen molar-refractivity contribution in [1.82, 2.24) is 0 Å². The normalized spacial score (nSPS) is 20.9. The van der Waals surface area contributed by atoms with Gasteiger partial charge in [-0.3, -0.25) is 0 Å². The van der Waals surface area contributed by atoms with Crippen molar-refractivity contribution in [1.29, 1.82) is 0 Å². The summed E-state index contributed by atoms with van der Waals surface area (Å²) in [5.41, 5.74) is 8.53. The summed E-state index contributed by atoms with van der Waals surface area (Å²) in [7, 11) is 0. The van der Waals surface area contributed by atoms with E-state index >= 15 is 0 Å². The van der Waals surface area contributed by atoms with E-state index in [-0.39, 0.29) is 6.04 Å². The van der Waals surface area contributed by atoms with Gasteiger partial charge in [-0.25, -0.2) is 0 Å². The third kappa shape index (κ3) is 3.03. The number of hydrogen-bond acceptors (Lipinski definition) is 3. The Morgan fingerprint density at radius 3 is 2.83 bits per heavy atom. The highest BCUT2D eigenvalue weighted by molar-refractivity contribution is 5.54. The number of hydrogen-bond donors (Lipinski definition) is 1. The molecule has 1 aromatic rings. The summed E-state index contributed by atoms with van der Waals surface area (Å²) in [5.74, 6) is 0. The van der Waals surface area contributed by atoms with Gasteiger partial charge in [-0.05, 0) is 38.3 Å². The lowest BCUT2D eigenvalue weighted by Crippen LogP contribution is -2.33. The maximum absolute atomic E-state index is 6.06. The van der Waals surface area contributed by atoms with Crippen molar-refractivity contribution in [3.8, 4) is 0 Å². The van der Waals surface area contributed by atoms with Gasteiger partial charge in [0.25, 0.3) is 0 Å². The highest BCUT2D eigenvalue weighted by Gasteiger charge is 2.20. The van der Waals surface area contributed by atoms with Crippen molar-refractivity contribution in [2.24, 2.45) is 5.73 Å². The van der Waals surface area contributed by atoms with Gasteiger partial charge in [0, 0.05) is 31.4 Å². The van der Waals surface area contributed by atoms with Gasteiger partial charge in [-0.1, -0.05) is 18.2 Å². The number of benzene rings is 1. The number of nitrogens with two attached hydrogens (primary N) is 1. The number of rotatable bonds is 5. The fourth-order valence-electron chi connectivity index (χ4n) is 2.59. The van der Waals surface area contributed by atoms with Crippen molar-refractivity contribution >= 4 is 5.69 Å². The third-order valence-electron chi connectivity index (χ3n) is 3.60. The Kier molecular flexibility index (Phi) is 4.61. The molecule has 0 aliphatic carbocycles. The molecule has 1 aliphatic rings. The molecule has 2 atom stereocenters. The van der Waals surface area contributed by atoms with Crippen LogP contribution in [0.15, 0.2) is 24.3 Å². The summed E-state index contributed by atoms with van der Waals surface area (Å²) in [5, 5.41) is 0. The van der Waals surface area contributed by atoms with Crippen LogP contribution < -0.4 is 10.6 Å². The van der Waals surface area contributed by atoms with Crippen molar-refractivity contribution in [3.05, 3.63) is 29.8 Å². The monoisotopic (exact) mass is 248 g/mol. The summed E-state index contributed by atoms with van der Waals surface area (Å²) in [6.07, 6.45) is 2.75. The molecular weight excluding hydrogens is 224 g/mol. The van der Waals surface area contributed by atoms with Crippen LogP contribution >= 0.6 is 0 Å². The molecular formula is C15H24N2O. The molecule has 18 heavy (non-hydrogen) atoms. The molecule has 0 spiro atoms. The zero-order chi connectivity index (χ0) is 13.0. The van der Waals surface area contributed by atoms with Gasteiger partial charge in [0.15, 0.2) is 0 Å². The van der Waals surface area contributed by atoms with Crippen LogP contribution in [0, 0.1) is 0 Å². The van der Waals surface area contributed by atoms with E-state index in [2.05, 4.69) is 36.1 Å². The lowest BCUT2D eigenvalue weighted by Gasteiger charge is -2.29. The lowest BCUT2D eigenvalue weighted by atomic mass is 10.1. The van der Waals surface area contributed by atoms with Gasteiger partial charge in [-0.15, -0.1) is 0 Å². The average molecular weight is 248 g/mol. The van der Waals surface area contributed by atoms with Gasteiger partial charge >= 0.3 is 0 Å². The average Bonchev–Trinajstić information content (AvgIpc) is 2.88. The molecule has 1 aliphatic heterocycles. The Morgan fingerprint density at radius 2 is 2.22 bits per heavy atom. The molecule has 1 heterocycles. The van der Waals surface area contributed by atoms with Crippen molar-refractivity contribution < 1.29 is 4.74 Å². The molecule has 3 heteroatoms. The minimum atomic E-state index is 0.0692. The molecule has 1 fully saturated rings. The second-order valence-corrected chi connectivity index (χ2v) is 5.02. The van der Waals surface area contributed by atoms with Crippen molar-refractivity contribution in [3.63, 3.8) is 0 Å². The van der Waals surface area contributed by atoms with Crippen molar-refractivity contribution in [2.75, 3.05) is 24.6 Å². The Hall–Kier alpha value is -1.06. The number of ether oxygens (including phenoxy) is 1. The first kappa shape index (κ1) is 13.4. The first-order valence-electron chi connectivity index (χ1n) is 6.93. The Balaban J connectivity index is 2.15.